The molecule has 0 unspecified atom stereocenters. The van der Waals surface area contributed by atoms with Crippen molar-refractivity contribution >= 4 is 45.7 Å². The summed E-state index contributed by atoms with van der Waals surface area (Å²) in [6.07, 6.45) is 2.95. The highest BCUT2D eigenvalue weighted by Gasteiger charge is 2.00. The van der Waals surface area contributed by atoms with Gasteiger partial charge in [-0.1, -0.05) is 0 Å². The third kappa shape index (κ3) is 14.9. The highest BCUT2D eigenvalue weighted by Crippen LogP contribution is 2.12. The van der Waals surface area contributed by atoms with Crippen LogP contribution in [0.15, 0.2) is 0 Å². The summed E-state index contributed by atoms with van der Waals surface area (Å²) >= 11 is 4.80. The maximum Gasteiger partial charge on any atom is 0.264 e. The maximum absolute atomic E-state index is 10.6. The van der Waals surface area contributed by atoms with Crippen molar-refractivity contribution in [3.8, 4) is 0 Å². The molecule has 0 rings (SSSR count). The Morgan fingerprint density at radius 3 is 2.27 bits per heavy atom. The SMILES string of the molecule is CSOCCSCSCCOS(C)(=O)=O. The normalized spacial score (nSPS) is 11.9. The highest BCUT2D eigenvalue weighted by atomic mass is 32.2. The standard InChI is InChI=1S/C7H16O4S4/c1-12-10-3-5-13-7-14-6-4-11-15(2,8)9/h3-7H2,1-2H3. The van der Waals surface area contributed by atoms with E-state index >= 15 is 0 Å². The van der Waals surface area contributed by atoms with Crippen LogP contribution in [-0.4, -0.2) is 50.7 Å². The summed E-state index contributed by atoms with van der Waals surface area (Å²) in [4.78, 5) is 0. The molecule has 0 heterocycles. The van der Waals surface area contributed by atoms with Crippen LogP contribution in [0, 0.1) is 0 Å². The maximum atomic E-state index is 10.6. The molecule has 0 bridgehead atoms. The van der Waals surface area contributed by atoms with E-state index in [1.807, 2.05) is 6.26 Å². The molecule has 0 amide bonds. The van der Waals surface area contributed by atoms with E-state index in [-0.39, 0.29) is 6.61 Å². The Labute approximate surface area is 105 Å². The van der Waals surface area contributed by atoms with Crippen molar-refractivity contribution in [3.63, 3.8) is 0 Å². The number of hydrogen-bond donors (Lipinski definition) is 0. The molecule has 0 N–H and O–H groups in total. The summed E-state index contributed by atoms with van der Waals surface area (Å²) in [5, 5.41) is 0.935. The first-order valence-electron chi connectivity index (χ1n) is 4.22. The second-order valence-corrected chi connectivity index (χ2v) is 7.24. The van der Waals surface area contributed by atoms with E-state index in [2.05, 4.69) is 4.18 Å². The van der Waals surface area contributed by atoms with Crippen LogP contribution in [0.25, 0.3) is 0 Å². The smallest absolute Gasteiger partial charge is 0.264 e. The minimum Gasteiger partial charge on any atom is -0.315 e. The molecule has 0 spiro atoms. The van der Waals surface area contributed by atoms with E-state index < -0.39 is 10.1 Å². The van der Waals surface area contributed by atoms with Gasteiger partial charge in [0.2, 0.25) is 0 Å². The van der Waals surface area contributed by atoms with Crippen molar-refractivity contribution in [2.75, 3.05) is 42.3 Å². The Hall–Kier alpha value is 0.920. The van der Waals surface area contributed by atoms with Gasteiger partial charge in [0.25, 0.3) is 10.1 Å². The summed E-state index contributed by atoms with van der Waals surface area (Å²) in [6, 6.07) is 0. The number of thioether (sulfide) groups is 2. The van der Waals surface area contributed by atoms with Crippen LogP contribution >= 0.6 is 35.6 Å². The molecule has 0 atom stereocenters. The third-order valence-corrected chi connectivity index (χ3v) is 4.36. The number of rotatable bonds is 10. The van der Waals surface area contributed by atoms with Crippen molar-refractivity contribution in [1.29, 1.82) is 0 Å². The van der Waals surface area contributed by atoms with E-state index in [1.54, 1.807) is 23.5 Å². The van der Waals surface area contributed by atoms with Gasteiger partial charge in [-0.25, -0.2) is 0 Å². The molecule has 0 saturated carbocycles. The first-order chi connectivity index (χ1) is 7.06. The molecular weight excluding hydrogens is 276 g/mol. The summed E-state index contributed by atoms with van der Waals surface area (Å²) in [7, 11) is -3.27. The number of hydrogen-bond acceptors (Lipinski definition) is 7. The fourth-order valence-corrected chi connectivity index (χ4v) is 3.26. The van der Waals surface area contributed by atoms with Gasteiger partial charge in [0.15, 0.2) is 0 Å². The zero-order valence-corrected chi connectivity index (χ0v) is 12.1. The molecule has 15 heavy (non-hydrogen) atoms. The van der Waals surface area contributed by atoms with E-state index in [4.69, 9.17) is 4.18 Å². The van der Waals surface area contributed by atoms with E-state index in [9.17, 15) is 8.42 Å². The van der Waals surface area contributed by atoms with Gasteiger partial charge < -0.3 is 4.18 Å². The minimum atomic E-state index is -3.27. The van der Waals surface area contributed by atoms with Crippen molar-refractivity contribution in [3.05, 3.63) is 0 Å². The molecule has 0 aliphatic rings. The van der Waals surface area contributed by atoms with Crippen LogP contribution in [0.2, 0.25) is 0 Å². The van der Waals surface area contributed by atoms with Crippen LogP contribution in [0.5, 0.6) is 0 Å². The van der Waals surface area contributed by atoms with Gasteiger partial charge in [-0.15, -0.1) is 23.5 Å². The van der Waals surface area contributed by atoms with Crippen molar-refractivity contribution in [1.82, 2.24) is 0 Å². The molecule has 0 fully saturated rings. The zero-order valence-electron chi connectivity index (χ0n) is 8.80. The second-order valence-electron chi connectivity index (χ2n) is 2.45. The van der Waals surface area contributed by atoms with Gasteiger partial charge in [0.05, 0.1) is 19.5 Å². The molecule has 0 aromatic carbocycles. The Morgan fingerprint density at radius 1 is 1.13 bits per heavy atom. The molecule has 0 radical (unpaired) electrons. The van der Waals surface area contributed by atoms with Gasteiger partial charge in [-0.05, 0) is 12.0 Å². The second kappa shape index (κ2) is 10.1. The lowest BCUT2D eigenvalue weighted by atomic mass is 10.9. The average molecular weight is 292 g/mol. The van der Waals surface area contributed by atoms with Crippen molar-refractivity contribution in [2.24, 2.45) is 0 Å². The first kappa shape index (κ1) is 15.9. The lowest BCUT2D eigenvalue weighted by molar-refractivity contribution is 0.345. The Bertz CT molecular complexity index is 229. The summed E-state index contributed by atoms with van der Waals surface area (Å²) in [6.45, 7) is 0.998. The molecule has 92 valence electrons. The Morgan fingerprint density at radius 2 is 1.73 bits per heavy atom. The summed E-state index contributed by atoms with van der Waals surface area (Å²) < 4.78 is 30.8. The third-order valence-electron chi connectivity index (χ3n) is 1.12. The molecule has 0 aliphatic heterocycles. The van der Waals surface area contributed by atoms with Crippen LogP contribution < -0.4 is 0 Å². The molecule has 0 saturated heterocycles. The van der Waals surface area contributed by atoms with Gasteiger partial charge in [0, 0.05) is 22.8 Å². The molecular formula is C7H16O4S4. The molecule has 8 heteroatoms. The predicted molar refractivity (Wildman–Crippen MR) is 70.0 cm³/mol. The molecule has 4 nitrogen and oxygen atoms in total. The van der Waals surface area contributed by atoms with E-state index in [1.165, 1.54) is 12.0 Å². The fourth-order valence-electron chi connectivity index (χ4n) is 0.597. The monoisotopic (exact) mass is 292 g/mol. The van der Waals surface area contributed by atoms with E-state index in [0.717, 1.165) is 23.7 Å². The fraction of sp³-hybridized carbons (Fsp3) is 1.00. The van der Waals surface area contributed by atoms with Crippen molar-refractivity contribution < 1.29 is 16.8 Å². The van der Waals surface area contributed by atoms with Crippen LogP contribution in [-0.2, 0) is 18.5 Å². The molecule has 0 aromatic rings. The van der Waals surface area contributed by atoms with Crippen LogP contribution in [0.4, 0.5) is 0 Å². The zero-order chi connectivity index (χ0) is 11.6. The van der Waals surface area contributed by atoms with Crippen molar-refractivity contribution in [2.45, 2.75) is 0 Å². The average Bonchev–Trinajstić information content (AvgIpc) is 2.14. The van der Waals surface area contributed by atoms with E-state index in [0.29, 0.717) is 5.75 Å². The predicted octanol–water partition coefficient (Wildman–Crippen LogP) is 1.68. The van der Waals surface area contributed by atoms with Gasteiger partial charge in [-0.2, -0.15) is 8.42 Å². The largest absolute Gasteiger partial charge is 0.315 e. The topological polar surface area (TPSA) is 52.6 Å². The lowest BCUT2D eigenvalue weighted by Gasteiger charge is -2.02. The quantitative estimate of drug-likeness (QED) is 0.263. The Balaban J connectivity index is 3.06. The Kier molecular flexibility index (Phi) is 10.7. The molecule has 0 aromatic heterocycles. The van der Waals surface area contributed by atoms with Gasteiger partial charge >= 0.3 is 0 Å². The minimum absolute atomic E-state index is 0.255. The van der Waals surface area contributed by atoms with Gasteiger partial charge in [-0.3, -0.25) is 4.18 Å². The first-order valence-corrected chi connectivity index (χ1v) is 9.49. The molecule has 0 aliphatic carbocycles. The van der Waals surface area contributed by atoms with Crippen LogP contribution in [0.3, 0.4) is 0 Å². The van der Waals surface area contributed by atoms with Crippen LogP contribution in [0.1, 0.15) is 0 Å². The highest BCUT2D eigenvalue weighted by molar-refractivity contribution is 8.16. The summed E-state index contributed by atoms with van der Waals surface area (Å²) in [5.74, 6) is 1.66. The van der Waals surface area contributed by atoms with Gasteiger partial charge in [0.1, 0.15) is 0 Å². The summed E-state index contributed by atoms with van der Waals surface area (Å²) in [5.41, 5.74) is 0. The lowest BCUT2D eigenvalue weighted by Crippen LogP contribution is -2.05.